The average molecular weight is 139 g/mol. The monoisotopic (exact) mass is 140 g/mol. The van der Waals surface area contributed by atoms with E-state index in [2.05, 4.69) is 11.6 Å². The van der Waals surface area contributed by atoms with E-state index >= 15 is 0 Å². The number of halogens is 2. The van der Waals surface area contributed by atoms with E-state index in [0.29, 0.717) is 0 Å². The van der Waals surface area contributed by atoms with Crippen molar-refractivity contribution in [2.75, 3.05) is 0 Å². The second-order valence-electron chi connectivity index (χ2n) is 0.189. The van der Waals surface area contributed by atoms with E-state index in [1.54, 1.807) is 0 Å². The first-order chi connectivity index (χ1) is 1.91. The Morgan fingerprint density at radius 3 is 2.25 bits per heavy atom. The Morgan fingerprint density at radius 2 is 2.25 bits per heavy atom. The summed E-state index contributed by atoms with van der Waals surface area (Å²) in [4.78, 5) is 0. The van der Waals surface area contributed by atoms with Crippen molar-refractivity contribution in [2.45, 2.75) is 0 Å². The molecular formula is CClFGe. The molecule has 0 bridgehead atoms. The summed E-state index contributed by atoms with van der Waals surface area (Å²) >= 11 is 3.15. The Kier molecular flexibility index (Phi) is 4.02. The normalized spacial score (nSPS) is 3.50. The summed E-state index contributed by atoms with van der Waals surface area (Å²) in [5, 5.41) is 0. The predicted octanol–water partition coefficient (Wildman–Crippen LogP) is 0.731. The van der Waals surface area contributed by atoms with Crippen molar-refractivity contribution in [1.29, 1.82) is 0 Å². The van der Waals surface area contributed by atoms with Crippen LogP contribution in [0.15, 0.2) is 0 Å². The van der Waals surface area contributed by atoms with Gasteiger partial charge in [-0.15, -0.1) is 0 Å². The van der Waals surface area contributed by atoms with Gasteiger partial charge in [-0.3, -0.25) is 0 Å². The molecule has 0 nitrogen and oxygen atoms in total. The topological polar surface area (TPSA) is 0 Å². The SMILES string of the molecule is [F][Ge]#[C]Cl. The molecule has 0 atom stereocenters. The van der Waals surface area contributed by atoms with Gasteiger partial charge in [0.15, 0.2) is 0 Å². The third-order valence-corrected chi connectivity index (χ3v) is 0.557. The molecule has 0 rings (SSSR count). The Balaban J connectivity index is 2.83. The van der Waals surface area contributed by atoms with Crippen molar-refractivity contribution in [1.82, 2.24) is 0 Å². The first-order valence-electron chi connectivity index (χ1n) is 0.628. The van der Waals surface area contributed by atoms with Gasteiger partial charge in [0, 0.05) is 0 Å². The van der Waals surface area contributed by atoms with Crippen molar-refractivity contribution >= 4 is 26.9 Å². The summed E-state index contributed by atoms with van der Waals surface area (Å²) in [6, 6.07) is 0. The quantitative estimate of drug-likeness (QED) is 0.434. The average Bonchev–Trinajstić information content (AvgIpc) is 1.37. The number of hydrogen-bond donors (Lipinski definition) is 0. The standard InChI is InChI=1S/CClFGe/c2-1-4-3. The Bertz CT molecular complexity index is 44.8. The number of hydrogen-bond acceptors (Lipinski definition) is 0. The molecule has 0 aliphatic carbocycles. The molecule has 3 heteroatoms. The van der Waals surface area contributed by atoms with E-state index in [1.807, 2.05) is 4.12 Å². The molecule has 0 aromatic heterocycles. The maximum absolute atomic E-state index is 10.6. The zero-order valence-corrected chi connectivity index (χ0v) is 4.61. The molecule has 0 amide bonds. The molecule has 22 valence electrons. The third-order valence-electron chi connectivity index (χ3n) is 0.0357. The van der Waals surface area contributed by atoms with Gasteiger partial charge in [0.05, 0.1) is 0 Å². The summed E-state index contributed by atoms with van der Waals surface area (Å²) in [5.74, 6) is 0. The van der Waals surface area contributed by atoms with Crippen LogP contribution in [0.4, 0.5) is 3.50 Å². The molecule has 0 radical (unpaired) electrons. The van der Waals surface area contributed by atoms with Crippen molar-refractivity contribution in [3.05, 3.63) is 0 Å². The first kappa shape index (κ1) is 4.54. The van der Waals surface area contributed by atoms with Gasteiger partial charge >= 0.3 is 34.5 Å². The van der Waals surface area contributed by atoms with Crippen molar-refractivity contribution in [2.24, 2.45) is 0 Å². The van der Waals surface area contributed by atoms with Crippen LogP contribution < -0.4 is 0 Å². The van der Waals surface area contributed by atoms with Crippen LogP contribution in [0.25, 0.3) is 0 Å². The maximum atomic E-state index is 10.6. The molecule has 0 saturated heterocycles. The van der Waals surface area contributed by atoms with Crippen molar-refractivity contribution in [3.63, 3.8) is 0 Å². The first-order valence-corrected chi connectivity index (χ1v) is 2.85. The molecule has 0 aliphatic rings. The molecule has 0 N–H and O–H groups in total. The van der Waals surface area contributed by atoms with E-state index in [-0.39, 0.29) is 0 Å². The van der Waals surface area contributed by atoms with Gasteiger partial charge in [-0.05, 0) is 0 Å². The second kappa shape index (κ2) is 3.54. The Labute approximate surface area is 35.1 Å². The second-order valence-corrected chi connectivity index (χ2v) is 1.96. The summed E-state index contributed by atoms with van der Waals surface area (Å²) in [5.41, 5.74) is 0. The van der Waals surface area contributed by atoms with Gasteiger partial charge in [0.2, 0.25) is 0 Å². The minimum absolute atomic E-state index is 1.47. The molecule has 0 aromatic carbocycles. The van der Waals surface area contributed by atoms with Crippen LogP contribution in [0.2, 0.25) is 0 Å². The molecule has 0 aliphatic heterocycles. The van der Waals surface area contributed by atoms with Gasteiger partial charge in [-0.2, -0.15) is 0 Å². The van der Waals surface area contributed by atoms with Crippen LogP contribution in [-0.2, 0) is 0 Å². The van der Waals surface area contributed by atoms with Gasteiger partial charge in [-0.25, -0.2) is 0 Å². The molecule has 0 saturated carbocycles. The zero-order valence-electron chi connectivity index (χ0n) is 1.76. The fourth-order valence-electron chi connectivity index (χ4n) is 0. The summed E-state index contributed by atoms with van der Waals surface area (Å²) < 4.78 is 12.5. The van der Waals surface area contributed by atoms with Crippen LogP contribution in [0.3, 0.4) is 0 Å². The van der Waals surface area contributed by atoms with Gasteiger partial charge in [-0.1, -0.05) is 0 Å². The third kappa shape index (κ3) is 2.54. The molecule has 0 fully saturated rings. The van der Waals surface area contributed by atoms with Crippen LogP contribution in [0.5, 0.6) is 0 Å². The van der Waals surface area contributed by atoms with Crippen LogP contribution in [0, 0.1) is 4.12 Å². The summed E-state index contributed by atoms with van der Waals surface area (Å²) in [6.07, 6.45) is 0. The van der Waals surface area contributed by atoms with E-state index in [9.17, 15) is 3.50 Å². The van der Waals surface area contributed by atoms with Gasteiger partial charge in [0.1, 0.15) is 0 Å². The van der Waals surface area contributed by atoms with Crippen LogP contribution in [-0.4, -0.2) is 15.3 Å². The number of rotatable bonds is 0. The summed E-state index contributed by atoms with van der Waals surface area (Å²) in [6.45, 7) is 0. The van der Waals surface area contributed by atoms with Crippen molar-refractivity contribution in [3.8, 4) is 4.12 Å². The Hall–Kier alpha value is 0.543. The van der Waals surface area contributed by atoms with Gasteiger partial charge < -0.3 is 0 Å². The van der Waals surface area contributed by atoms with Crippen LogP contribution >= 0.6 is 11.6 Å². The fraction of sp³-hybridized carbons (Fsp3) is 0. The molecule has 0 heterocycles. The summed E-state index contributed by atoms with van der Waals surface area (Å²) in [7, 11) is 0. The fourth-order valence-corrected chi connectivity index (χ4v) is 0. The van der Waals surface area contributed by atoms with E-state index in [4.69, 9.17) is 0 Å². The molecule has 4 heavy (non-hydrogen) atoms. The van der Waals surface area contributed by atoms with Crippen molar-refractivity contribution < 1.29 is 3.50 Å². The minimum atomic E-state index is -1.47. The van der Waals surface area contributed by atoms with Crippen LogP contribution in [0.1, 0.15) is 0 Å². The van der Waals surface area contributed by atoms with E-state index in [1.165, 1.54) is 0 Å². The van der Waals surface area contributed by atoms with E-state index in [0.717, 1.165) is 0 Å². The molecule has 0 unspecified atom stereocenters. The van der Waals surface area contributed by atoms with E-state index < -0.39 is 15.3 Å². The Morgan fingerprint density at radius 1 is 2.00 bits per heavy atom. The van der Waals surface area contributed by atoms with Gasteiger partial charge in [0.25, 0.3) is 0 Å². The zero-order chi connectivity index (χ0) is 3.41. The molecule has 0 aromatic rings. The predicted molar refractivity (Wildman–Crippen MR) is 16.6 cm³/mol. The molecular weight excluding hydrogens is 139 g/mol. The molecule has 0 spiro atoms.